The summed E-state index contributed by atoms with van der Waals surface area (Å²) in [5.41, 5.74) is 3.79. The fraction of sp³-hybridized carbons (Fsp3) is 0.450. The number of imidazole rings is 1. The topological polar surface area (TPSA) is 64.9 Å². The van der Waals surface area contributed by atoms with Crippen LogP contribution < -0.4 is 14.2 Å². The van der Waals surface area contributed by atoms with Gasteiger partial charge in [-0.2, -0.15) is 0 Å². The first-order valence-corrected chi connectivity index (χ1v) is 17.9. The second-order valence-corrected chi connectivity index (χ2v) is 12.1. The Morgan fingerprint density at radius 2 is 1.35 bits per heavy atom. The van der Waals surface area contributed by atoms with E-state index in [1.165, 1.54) is 0 Å². The van der Waals surface area contributed by atoms with Gasteiger partial charge in [0.25, 0.3) is 0 Å². The van der Waals surface area contributed by atoms with E-state index < -0.39 is 0 Å². The lowest BCUT2D eigenvalue weighted by Crippen LogP contribution is -2.25. The fourth-order valence-corrected chi connectivity index (χ4v) is 6.11. The van der Waals surface area contributed by atoms with Gasteiger partial charge in [0.15, 0.2) is 11.5 Å². The maximum atomic E-state index is 6.49. The Kier molecular flexibility index (Phi) is 13.1. The molecule has 0 atom stereocenters. The van der Waals surface area contributed by atoms with Crippen LogP contribution in [0, 0.1) is 0 Å². The number of fused-ring (bicyclic) bond motifs is 2. The molecular weight excluding hydrogens is 598 g/mol. The highest BCUT2D eigenvalue weighted by atomic mass is 16.5. The molecule has 2 aromatic heterocycles. The molecule has 0 bridgehead atoms. The van der Waals surface area contributed by atoms with Crippen LogP contribution in [0.2, 0.25) is 0 Å². The number of benzene rings is 3. The van der Waals surface area contributed by atoms with E-state index in [0.29, 0.717) is 13.2 Å². The molecule has 0 aliphatic carbocycles. The zero-order valence-electron chi connectivity index (χ0n) is 29.6. The maximum Gasteiger partial charge on any atom is 0.153 e. The summed E-state index contributed by atoms with van der Waals surface area (Å²) in [6.07, 6.45) is 5.85. The number of aromatic nitrogens is 3. The molecule has 0 N–H and O–H groups in total. The third kappa shape index (κ3) is 8.85. The van der Waals surface area contributed by atoms with E-state index in [1.807, 2.05) is 48.5 Å². The van der Waals surface area contributed by atoms with Crippen molar-refractivity contribution < 1.29 is 14.2 Å². The fourth-order valence-electron chi connectivity index (χ4n) is 6.11. The largest absolute Gasteiger partial charge is 0.493 e. The van der Waals surface area contributed by atoms with Gasteiger partial charge in [-0.3, -0.25) is 4.98 Å². The second kappa shape index (κ2) is 17.9. The quantitative estimate of drug-likeness (QED) is 0.0778. The normalized spacial score (nSPS) is 11.6. The lowest BCUT2D eigenvalue weighted by Gasteiger charge is -2.18. The molecule has 8 heteroatoms. The molecule has 0 aliphatic rings. The third-order valence-electron chi connectivity index (χ3n) is 9.02. The minimum atomic E-state index is 0.628. The van der Waals surface area contributed by atoms with E-state index in [2.05, 4.69) is 72.2 Å². The van der Waals surface area contributed by atoms with Gasteiger partial charge in [-0.15, -0.1) is 0 Å². The molecule has 0 aliphatic heterocycles. The number of hydrogen-bond acceptors (Lipinski definition) is 7. The van der Waals surface area contributed by atoms with Crippen LogP contribution in [0.25, 0.3) is 33.3 Å². The average Bonchev–Trinajstić information content (AvgIpc) is 3.49. The minimum absolute atomic E-state index is 0.628. The van der Waals surface area contributed by atoms with Crippen molar-refractivity contribution in [1.29, 1.82) is 0 Å². The highest BCUT2D eigenvalue weighted by Gasteiger charge is 2.19. The molecule has 3 aromatic carbocycles. The van der Waals surface area contributed by atoms with Gasteiger partial charge in [0.05, 0.1) is 18.7 Å². The Morgan fingerprint density at radius 1 is 0.667 bits per heavy atom. The zero-order chi connectivity index (χ0) is 33.7. The van der Waals surface area contributed by atoms with E-state index in [4.69, 9.17) is 19.2 Å². The summed E-state index contributed by atoms with van der Waals surface area (Å²) in [5.74, 6) is 4.03. The Bertz CT molecular complexity index is 1700. The summed E-state index contributed by atoms with van der Waals surface area (Å²) >= 11 is 0. The number of pyridine rings is 1. The minimum Gasteiger partial charge on any atom is -0.493 e. The van der Waals surface area contributed by atoms with E-state index >= 15 is 0 Å². The van der Waals surface area contributed by atoms with Gasteiger partial charge < -0.3 is 28.6 Å². The molecule has 2 heterocycles. The number of nitrogens with zero attached hydrogens (tertiary/aromatic N) is 5. The third-order valence-corrected chi connectivity index (χ3v) is 9.02. The maximum absolute atomic E-state index is 6.49. The zero-order valence-corrected chi connectivity index (χ0v) is 29.6. The molecule has 8 nitrogen and oxygen atoms in total. The number of ether oxygens (including phenoxy) is 3. The second-order valence-electron chi connectivity index (χ2n) is 12.1. The molecule has 0 radical (unpaired) electrons. The Balaban J connectivity index is 1.44. The Hall–Kier alpha value is -4.14. The van der Waals surface area contributed by atoms with Crippen molar-refractivity contribution in [1.82, 2.24) is 24.3 Å². The molecular formula is C40H53N5O3. The summed E-state index contributed by atoms with van der Waals surface area (Å²) in [4.78, 5) is 14.6. The van der Waals surface area contributed by atoms with Gasteiger partial charge >= 0.3 is 0 Å². The van der Waals surface area contributed by atoms with Gasteiger partial charge in [-0.05, 0) is 81.8 Å². The molecule has 0 saturated carbocycles. The lowest BCUT2D eigenvalue weighted by atomic mass is 10.2. The number of unbranched alkanes of at least 4 members (excludes halogenated alkanes) is 1. The summed E-state index contributed by atoms with van der Waals surface area (Å²) in [7, 11) is 0. The summed E-state index contributed by atoms with van der Waals surface area (Å²) in [6.45, 7) is 19.4. The summed E-state index contributed by atoms with van der Waals surface area (Å²) in [5, 5.41) is 1.05. The molecule has 5 rings (SSSR count). The predicted octanol–water partition coefficient (Wildman–Crippen LogP) is 9.07. The van der Waals surface area contributed by atoms with E-state index in [1.54, 1.807) is 6.20 Å². The number of aryl methyl sites for hydroxylation is 1. The van der Waals surface area contributed by atoms with Gasteiger partial charge in [-0.1, -0.05) is 59.2 Å². The molecule has 0 amide bonds. The molecule has 0 saturated heterocycles. The molecule has 5 aromatic rings. The Labute approximate surface area is 286 Å². The van der Waals surface area contributed by atoms with Crippen LogP contribution in [0.15, 0.2) is 72.9 Å². The van der Waals surface area contributed by atoms with Crippen LogP contribution in [-0.2, 0) is 6.54 Å². The van der Waals surface area contributed by atoms with Crippen molar-refractivity contribution in [2.45, 2.75) is 66.8 Å². The van der Waals surface area contributed by atoms with E-state index in [9.17, 15) is 0 Å². The highest BCUT2D eigenvalue weighted by Crippen LogP contribution is 2.36. The summed E-state index contributed by atoms with van der Waals surface area (Å²) < 4.78 is 21.5. The van der Waals surface area contributed by atoms with Crippen LogP contribution in [0.3, 0.4) is 0 Å². The van der Waals surface area contributed by atoms with Crippen LogP contribution in [0.5, 0.6) is 23.0 Å². The standard InChI is InChI=1S/C40H53N5O3/c1-6-11-26-45-35-29-34(46-27-14-24-43(7-2)8-3)30-37(47-28-15-25-44(9-4)10-5)39(35)42-40(45)32-19-21-33(22-20-32)48-36-18-12-16-31-17-13-23-41-38(31)36/h12-13,16-23,29-30H,6-11,14-15,24-28H2,1-5H3. The molecule has 0 spiro atoms. The van der Waals surface area contributed by atoms with Gasteiger partial charge in [0, 0.05) is 48.9 Å². The SMILES string of the molecule is CCCCn1c(-c2ccc(Oc3cccc4cccnc34)cc2)nc2c(OCCCN(CC)CC)cc(OCCCN(CC)CC)cc21. The number of rotatable bonds is 20. The molecule has 0 fully saturated rings. The highest BCUT2D eigenvalue weighted by molar-refractivity contribution is 5.88. The Morgan fingerprint density at radius 3 is 2.04 bits per heavy atom. The molecule has 256 valence electrons. The first kappa shape index (κ1) is 35.2. The van der Waals surface area contributed by atoms with E-state index in [-0.39, 0.29) is 0 Å². The van der Waals surface area contributed by atoms with Gasteiger partial charge in [0.1, 0.15) is 28.4 Å². The summed E-state index contributed by atoms with van der Waals surface area (Å²) in [6, 6.07) is 22.4. The smallest absolute Gasteiger partial charge is 0.153 e. The van der Waals surface area contributed by atoms with Crippen LogP contribution in [0.1, 0.15) is 60.3 Å². The molecule has 0 unspecified atom stereocenters. The molecule has 48 heavy (non-hydrogen) atoms. The van der Waals surface area contributed by atoms with Gasteiger partial charge in [0.2, 0.25) is 0 Å². The van der Waals surface area contributed by atoms with Crippen LogP contribution in [-0.4, -0.2) is 76.8 Å². The average molecular weight is 652 g/mol. The first-order valence-electron chi connectivity index (χ1n) is 17.9. The van der Waals surface area contributed by atoms with Crippen molar-refractivity contribution in [2.75, 3.05) is 52.5 Å². The lowest BCUT2D eigenvalue weighted by molar-refractivity contribution is 0.243. The number of para-hydroxylation sites is 1. The van der Waals surface area contributed by atoms with Crippen molar-refractivity contribution in [3.05, 3.63) is 72.9 Å². The van der Waals surface area contributed by atoms with Crippen LogP contribution >= 0.6 is 0 Å². The van der Waals surface area contributed by atoms with Gasteiger partial charge in [-0.25, -0.2) is 4.98 Å². The van der Waals surface area contributed by atoms with E-state index in [0.717, 1.165) is 128 Å². The van der Waals surface area contributed by atoms with Crippen LogP contribution in [0.4, 0.5) is 0 Å². The number of hydrogen-bond donors (Lipinski definition) is 0. The van der Waals surface area contributed by atoms with Crippen molar-refractivity contribution >= 4 is 21.9 Å². The monoisotopic (exact) mass is 651 g/mol. The first-order chi connectivity index (χ1) is 23.6. The van der Waals surface area contributed by atoms with Crippen molar-refractivity contribution in [3.8, 4) is 34.4 Å². The predicted molar refractivity (Wildman–Crippen MR) is 198 cm³/mol. The van der Waals surface area contributed by atoms with Crippen molar-refractivity contribution in [2.24, 2.45) is 0 Å². The van der Waals surface area contributed by atoms with Crippen molar-refractivity contribution in [3.63, 3.8) is 0 Å².